The minimum atomic E-state index is -0.775. The minimum absolute atomic E-state index is 0.148. The van der Waals surface area contributed by atoms with Gasteiger partial charge < -0.3 is 5.11 Å². The summed E-state index contributed by atoms with van der Waals surface area (Å²) in [7, 11) is 0. The van der Waals surface area contributed by atoms with Crippen LogP contribution in [0.15, 0.2) is 24.5 Å². The van der Waals surface area contributed by atoms with E-state index in [4.69, 9.17) is 5.11 Å². The maximum Gasteiger partial charge on any atom is 0.303 e. The van der Waals surface area contributed by atoms with Crippen molar-refractivity contribution in [1.82, 2.24) is 9.61 Å². The third-order valence-electron chi connectivity index (χ3n) is 2.43. The molecule has 2 rings (SSSR count). The van der Waals surface area contributed by atoms with Gasteiger partial charge in [0.1, 0.15) is 0 Å². The van der Waals surface area contributed by atoms with Crippen molar-refractivity contribution >= 4 is 11.5 Å². The van der Waals surface area contributed by atoms with E-state index in [0.717, 1.165) is 16.6 Å². The lowest BCUT2D eigenvalue weighted by molar-refractivity contribution is -0.136. The van der Waals surface area contributed by atoms with Crippen LogP contribution in [0.2, 0.25) is 0 Å². The van der Waals surface area contributed by atoms with Gasteiger partial charge in [-0.3, -0.25) is 4.79 Å². The van der Waals surface area contributed by atoms with Gasteiger partial charge in [0.2, 0.25) is 0 Å². The summed E-state index contributed by atoms with van der Waals surface area (Å²) in [6.45, 7) is 2.00. The summed E-state index contributed by atoms with van der Waals surface area (Å²) in [4.78, 5) is 10.5. The fourth-order valence-electron chi connectivity index (χ4n) is 1.72. The van der Waals surface area contributed by atoms with Crippen molar-refractivity contribution in [2.24, 2.45) is 0 Å². The Balaban J connectivity index is 2.39. The average Bonchev–Trinajstić information content (AvgIpc) is 2.59. The van der Waals surface area contributed by atoms with Crippen LogP contribution in [0, 0.1) is 6.92 Å². The lowest BCUT2D eigenvalue weighted by Gasteiger charge is -2.00. The zero-order valence-electron chi connectivity index (χ0n) is 8.47. The number of rotatable bonds is 3. The van der Waals surface area contributed by atoms with Crippen molar-refractivity contribution in [2.75, 3.05) is 0 Å². The van der Waals surface area contributed by atoms with Gasteiger partial charge >= 0.3 is 5.97 Å². The maximum absolute atomic E-state index is 10.5. The molecule has 0 fully saturated rings. The molecule has 0 aliphatic carbocycles. The SMILES string of the molecule is Cc1cccn2ncc(CCC(=O)O)c12. The van der Waals surface area contributed by atoms with Gasteiger partial charge in [-0.1, -0.05) is 6.07 Å². The Bertz CT molecular complexity index is 502. The molecular weight excluding hydrogens is 192 g/mol. The number of hydrogen-bond acceptors (Lipinski definition) is 2. The molecule has 0 atom stereocenters. The first kappa shape index (κ1) is 9.71. The molecule has 2 aromatic heterocycles. The van der Waals surface area contributed by atoms with E-state index >= 15 is 0 Å². The monoisotopic (exact) mass is 204 g/mol. The lowest BCUT2D eigenvalue weighted by Crippen LogP contribution is -1.97. The molecule has 0 bridgehead atoms. The molecule has 2 aromatic rings. The largest absolute Gasteiger partial charge is 0.481 e. The molecule has 0 spiro atoms. The number of nitrogens with zero attached hydrogens (tertiary/aromatic N) is 2. The molecule has 0 saturated heterocycles. The Morgan fingerprint density at radius 1 is 1.60 bits per heavy atom. The van der Waals surface area contributed by atoms with Gasteiger partial charge in [-0.05, 0) is 30.5 Å². The van der Waals surface area contributed by atoms with Crippen molar-refractivity contribution in [1.29, 1.82) is 0 Å². The molecule has 0 radical (unpaired) electrons. The Morgan fingerprint density at radius 2 is 2.40 bits per heavy atom. The Labute approximate surface area is 87.2 Å². The highest BCUT2D eigenvalue weighted by atomic mass is 16.4. The van der Waals surface area contributed by atoms with Gasteiger partial charge in [-0.15, -0.1) is 0 Å². The smallest absolute Gasteiger partial charge is 0.303 e. The highest BCUT2D eigenvalue weighted by Crippen LogP contribution is 2.16. The molecule has 0 aliphatic heterocycles. The standard InChI is InChI=1S/C11H12N2O2/c1-8-3-2-6-13-11(8)9(7-12-13)4-5-10(14)15/h2-3,6-7H,4-5H2,1H3,(H,14,15). The van der Waals surface area contributed by atoms with Gasteiger partial charge in [0, 0.05) is 12.6 Å². The van der Waals surface area contributed by atoms with E-state index < -0.39 is 5.97 Å². The van der Waals surface area contributed by atoms with Crippen LogP contribution in [0.5, 0.6) is 0 Å². The van der Waals surface area contributed by atoms with E-state index in [1.54, 1.807) is 10.7 Å². The van der Waals surface area contributed by atoms with E-state index in [9.17, 15) is 4.79 Å². The highest BCUT2D eigenvalue weighted by molar-refractivity contribution is 5.68. The fraction of sp³-hybridized carbons (Fsp3) is 0.273. The zero-order valence-corrected chi connectivity index (χ0v) is 8.47. The second-order valence-corrected chi connectivity index (χ2v) is 3.55. The van der Waals surface area contributed by atoms with E-state index in [1.807, 2.05) is 25.3 Å². The molecule has 4 heteroatoms. The third-order valence-corrected chi connectivity index (χ3v) is 2.43. The molecule has 4 nitrogen and oxygen atoms in total. The number of carboxylic acid groups (broad SMARTS) is 1. The predicted molar refractivity (Wildman–Crippen MR) is 55.9 cm³/mol. The first-order valence-corrected chi connectivity index (χ1v) is 4.82. The van der Waals surface area contributed by atoms with Crippen LogP contribution in [-0.4, -0.2) is 20.7 Å². The van der Waals surface area contributed by atoms with Crippen molar-refractivity contribution in [3.05, 3.63) is 35.7 Å². The first-order valence-electron chi connectivity index (χ1n) is 4.82. The molecular formula is C11H12N2O2. The van der Waals surface area contributed by atoms with Crippen LogP contribution in [0.3, 0.4) is 0 Å². The van der Waals surface area contributed by atoms with Gasteiger partial charge in [0.15, 0.2) is 0 Å². The van der Waals surface area contributed by atoms with Crippen LogP contribution in [-0.2, 0) is 11.2 Å². The normalized spacial score (nSPS) is 10.7. The van der Waals surface area contributed by atoms with E-state index in [-0.39, 0.29) is 6.42 Å². The number of aromatic nitrogens is 2. The van der Waals surface area contributed by atoms with Gasteiger partial charge in [0.25, 0.3) is 0 Å². The predicted octanol–water partition coefficient (Wildman–Crippen LogP) is 1.66. The fourth-order valence-corrected chi connectivity index (χ4v) is 1.72. The van der Waals surface area contributed by atoms with Crippen LogP contribution in [0.1, 0.15) is 17.5 Å². The van der Waals surface area contributed by atoms with Crippen molar-refractivity contribution in [3.63, 3.8) is 0 Å². The summed E-state index contributed by atoms with van der Waals surface area (Å²) in [6, 6.07) is 3.93. The van der Waals surface area contributed by atoms with Gasteiger partial charge in [-0.2, -0.15) is 5.10 Å². The number of carbonyl (C=O) groups is 1. The second kappa shape index (κ2) is 3.73. The third kappa shape index (κ3) is 1.83. The highest BCUT2D eigenvalue weighted by Gasteiger charge is 2.07. The molecule has 1 N–H and O–H groups in total. The van der Waals surface area contributed by atoms with Crippen LogP contribution >= 0.6 is 0 Å². The van der Waals surface area contributed by atoms with Gasteiger partial charge in [-0.25, -0.2) is 4.52 Å². The summed E-state index contributed by atoms with van der Waals surface area (Å²) in [5, 5.41) is 12.8. The molecule has 0 amide bonds. The Hall–Kier alpha value is -1.84. The van der Waals surface area contributed by atoms with E-state index in [1.165, 1.54) is 0 Å². The summed E-state index contributed by atoms with van der Waals surface area (Å²) in [5.41, 5.74) is 3.14. The number of hydrogen-bond donors (Lipinski definition) is 1. The van der Waals surface area contributed by atoms with E-state index in [2.05, 4.69) is 5.10 Å². The summed E-state index contributed by atoms with van der Waals surface area (Å²) in [6.07, 6.45) is 4.29. The molecule has 0 saturated carbocycles. The summed E-state index contributed by atoms with van der Waals surface area (Å²) >= 11 is 0. The number of pyridine rings is 1. The molecule has 0 aromatic carbocycles. The van der Waals surface area contributed by atoms with Crippen molar-refractivity contribution in [2.45, 2.75) is 19.8 Å². The van der Waals surface area contributed by atoms with Crippen LogP contribution in [0.25, 0.3) is 5.52 Å². The lowest BCUT2D eigenvalue weighted by atomic mass is 10.1. The number of carboxylic acids is 1. The average molecular weight is 204 g/mol. The Morgan fingerprint density at radius 3 is 3.13 bits per heavy atom. The maximum atomic E-state index is 10.5. The minimum Gasteiger partial charge on any atom is -0.481 e. The molecule has 0 unspecified atom stereocenters. The van der Waals surface area contributed by atoms with Gasteiger partial charge in [0.05, 0.1) is 11.7 Å². The molecule has 78 valence electrons. The number of fused-ring (bicyclic) bond motifs is 1. The van der Waals surface area contributed by atoms with Crippen molar-refractivity contribution in [3.8, 4) is 0 Å². The quantitative estimate of drug-likeness (QED) is 0.827. The molecule has 0 aliphatic rings. The number of aliphatic carboxylic acids is 1. The summed E-state index contributed by atoms with van der Waals surface area (Å²) in [5.74, 6) is -0.775. The zero-order chi connectivity index (χ0) is 10.8. The Kier molecular flexibility index (Phi) is 2.41. The van der Waals surface area contributed by atoms with Crippen molar-refractivity contribution < 1.29 is 9.90 Å². The van der Waals surface area contributed by atoms with Crippen LogP contribution in [0.4, 0.5) is 0 Å². The summed E-state index contributed by atoms with van der Waals surface area (Å²) < 4.78 is 1.78. The molecule has 2 heterocycles. The van der Waals surface area contributed by atoms with Crippen LogP contribution < -0.4 is 0 Å². The first-order chi connectivity index (χ1) is 7.18. The molecule has 15 heavy (non-hydrogen) atoms. The topological polar surface area (TPSA) is 54.6 Å². The van der Waals surface area contributed by atoms with E-state index in [0.29, 0.717) is 6.42 Å². The second-order valence-electron chi connectivity index (χ2n) is 3.55. The number of aryl methyl sites for hydroxylation is 2.